The zero-order chi connectivity index (χ0) is 18.9. The molecule has 0 aliphatic carbocycles. The highest BCUT2D eigenvalue weighted by atomic mass is 16.6. The Morgan fingerprint density at radius 2 is 1.74 bits per heavy atom. The fraction of sp³-hybridized carbons (Fsp3) is 0.696. The molecule has 3 rings (SSSR count). The molecule has 1 amide bonds. The smallest absolute Gasteiger partial charge is 0.410 e. The molecule has 0 N–H and O–H groups in total. The Kier molecular flexibility index (Phi) is 8.00. The summed E-state index contributed by atoms with van der Waals surface area (Å²) >= 11 is 0. The second-order valence-corrected chi connectivity index (χ2v) is 8.08. The molecule has 27 heavy (non-hydrogen) atoms. The first kappa shape index (κ1) is 20.2. The molecule has 2 saturated heterocycles. The number of hydrogen-bond acceptors (Lipinski definition) is 3. The molecule has 0 aromatic heterocycles. The molecular formula is C23H36N2O2. The van der Waals surface area contributed by atoms with Crippen molar-refractivity contribution in [1.82, 2.24) is 9.80 Å². The summed E-state index contributed by atoms with van der Waals surface area (Å²) in [6.45, 7) is 6.59. The standard InChI is InChI=1S/C23H36N2O2/c1-2-3-4-9-15-21-22(20-13-7-5-8-14-20)27-23(26)25(21)19-12-18-24-16-10-6-11-17-24/h5,7-8,13-14,21-22H,2-4,6,9-12,15-19H2,1H3/t21-,22+/m0/s1. The molecule has 0 radical (unpaired) electrons. The van der Waals surface area contributed by atoms with E-state index >= 15 is 0 Å². The van der Waals surface area contributed by atoms with Gasteiger partial charge >= 0.3 is 6.09 Å². The van der Waals surface area contributed by atoms with Gasteiger partial charge in [-0.2, -0.15) is 0 Å². The summed E-state index contributed by atoms with van der Waals surface area (Å²) in [4.78, 5) is 17.2. The molecule has 0 saturated carbocycles. The lowest BCUT2D eigenvalue weighted by Gasteiger charge is -2.28. The highest BCUT2D eigenvalue weighted by Crippen LogP contribution is 2.35. The number of carbonyl (C=O) groups is 1. The average Bonchev–Trinajstić information content (AvgIpc) is 3.02. The minimum atomic E-state index is -0.122. The van der Waals surface area contributed by atoms with E-state index in [1.807, 2.05) is 23.1 Å². The number of benzene rings is 1. The summed E-state index contributed by atoms with van der Waals surface area (Å²) in [7, 11) is 0. The monoisotopic (exact) mass is 372 g/mol. The van der Waals surface area contributed by atoms with E-state index in [-0.39, 0.29) is 18.2 Å². The number of carbonyl (C=O) groups excluding carboxylic acids is 1. The predicted octanol–water partition coefficient (Wildman–Crippen LogP) is 5.39. The van der Waals surface area contributed by atoms with Crippen LogP contribution in [-0.2, 0) is 4.74 Å². The molecule has 1 aromatic carbocycles. The lowest BCUT2D eigenvalue weighted by atomic mass is 9.96. The number of unbranched alkanes of at least 4 members (excludes halogenated alkanes) is 3. The van der Waals surface area contributed by atoms with Crippen molar-refractivity contribution in [3.63, 3.8) is 0 Å². The largest absolute Gasteiger partial charge is 0.439 e. The van der Waals surface area contributed by atoms with Gasteiger partial charge in [0.2, 0.25) is 0 Å². The van der Waals surface area contributed by atoms with E-state index < -0.39 is 0 Å². The summed E-state index contributed by atoms with van der Waals surface area (Å²) in [6.07, 6.45) is 10.8. The van der Waals surface area contributed by atoms with Gasteiger partial charge in [0.1, 0.15) is 6.10 Å². The number of piperidine rings is 1. The molecule has 2 atom stereocenters. The van der Waals surface area contributed by atoms with Gasteiger partial charge in [-0.1, -0.05) is 69.4 Å². The summed E-state index contributed by atoms with van der Waals surface area (Å²) in [5.74, 6) is 0. The Bertz CT molecular complexity index is 557. The number of ether oxygens (including phenoxy) is 1. The van der Waals surface area contributed by atoms with Crippen LogP contribution in [-0.4, -0.2) is 48.1 Å². The van der Waals surface area contributed by atoms with Gasteiger partial charge in [-0.05, 0) is 50.9 Å². The minimum Gasteiger partial charge on any atom is -0.439 e. The number of rotatable bonds is 10. The molecule has 2 aliphatic rings. The molecule has 4 nitrogen and oxygen atoms in total. The first-order chi connectivity index (χ1) is 13.3. The molecule has 2 fully saturated rings. The van der Waals surface area contributed by atoms with Gasteiger partial charge < -0.3 is 14.5 Å². The second-order valence-electron chi connectivity index (χ2n) is 8.08. The first-order valence-corrected chi connectivity index (χ1v) is 11.0. The summed E-state index contributed by atoms with van der Waals surface area (Å²) < 4.78 is 5.85. The number of cyclic esters (lactones) is 1. The summed E-state index contributed by atoms with van der Waals surface area (Å²) in [5.41, 5.74) is 1.13. The van der Waals surface area contributed by atoms with Gasteiger partial charge in [-0.3, -0.25) is 0 Å². The Balaban J connectivity index is 1.59. The van der Waals surface area contributed by atoms with E-state index in [2.05, 4.69) is 24.0 Å². The molecule has 0 unspecified atom stereocenters. The van der Waals surface area contributed by atoms with E-state index in [9.17, 15) is 4.79 Å². The van der Waals surface area contributed by atoms with Gasteiger partial charge in [0, 0.05) is 6.54 Å². The summed E-state index contributed by atoms with van der Waals surface area (Å²) in [5, 5.41) is 0. The molecule has 2 aliphatic heterocycles. The van der Waals surface area contributed by atoms with Crippen LogP contribution < -0.4 is 0 Å². The van der Waals surface area contributed by atoms with Crippen LogP contribution in [0.25, 0.3) is 0 Å². The first-order valence-electron chi connectivity index (χ1n) is 11.0. The van der Waals surface area contributed by atoms with Gasteiger partial charge in [0.05, 0.1) is 6.04 Å². The van der Waals surface area contributed by atoms with Gasteiger partial charge in [0.25, 0.3) is 0 Å². The van der Waals surface area contributed by atoms with E-state index in [4.69, 9.17) is 4.74 Å². The Labute approximate surface area is 164 Å². The lowest BCUT2D eigenvalue weighted by molar-refractivity contribution is 0.128. The van der Waals surface area contributed by atoms with Crippen molar-refractivity contribution in [3.05, 3.63) is 35.9 Å². The van der Waals surface area contributed by atoms with Crippen LogP contribution in [0.3, 0.4) is 0 Å². The molecule has 4 heteroatoms. The number of nitrogens with zero attached hydrogens (tertiary/aromatic N) is 2. The second kappa shape index (κ2) is 10.7. The highest BCUT2D eigenvalue weighted by Gasteiger charge is 2.41. The fourth-order valence-corrected chi connectivity index (χ4v) is 4.48. The third-order valence-corrected chi connectivity index (χ3v) is 6.02. The van der Waals surface area contributed by atoms with Crippen LogP contribution in [0.2, 0.25) is 0 Å². The maximum absolute atomic E-state index is 12.6. The fourth-order valence-electron chi connectivity index (χ4n) is 4.48. The molecule has 150 valence electrons. The molecule has 0 spiro atoms. The SMILES string of the molecule is CCCCCC[C@H]1[C@@H](c2ccccc2)OC(=O)N1CCCN1CCCCC1. The predicted molar refractivity (Wildman–Crippen MR) is 110 cm³/mol. The Morgan fingerprint density at radius 3 is 2.48 bits per heavy atom. The van der Waals surface area contributed by atoms with Crippen molar-refractivity contribution in [3.8, 4) is 0 Å². The summed E-state index contributed by atoms with van der Waals surface area (Å²) in [6, 6.07) is 10.5. The van der Waals surface area contributed by atoms with E-state index in [1.165, 1.54) is 58.0 Å². The minimum absolute atomic E-state index is 0.115. The van der Waals surface area contributed by atoms with Crippen LogP contribution >= 0.6 is 0 Å². The van der Waals surface area contributed by atoms with Crippen molar-refractivity contribution in [2.45, 2.75) is 76.9 Å². The number of likely N-dealkylation sites (tertiary alicyclic amines) is 1. The van der Waals surface area contributed by atoms with Crippen LogP contribution in [0.1, 0.15) is 76.4 Å². The van der Waals surface area contributed by atoms with E-state index in [0.29, 0.717) is 0 Å². The Morgan fingerprint density at radius 1 is 0.963 bits per heavy atom. The van der Waals surface area contributed by atoms with Crippen LogP contribution in [0.5, 0.6) is 0 Å². The molecule has 2 heterocycles. The topological polar surface area (TPSA) is 32.8 Å². The van der Waals surface area contributed by atoms with Crippen LogP contribution in [0.15, 0.2) is 30.3 Å². The molecule has 1 aromatic rings. The maximum atomic E-state index is 12.6. The molecule has 0 bridgehead atoms. The third-order valence-electron chi connectivity index (χ3n) is 6.02. The van der Waals surface area contributed by atoms with Crippen LogP contribution in [0, 0.1) is 0 Å². The number of amides is 1. The lowest BCUT2D eigenvalue weighted by Crippen LogP contribution is -2.38. The van der Waals surface area contributed by atoms with Gasteiger partial charge in [0.15, 0.2) is 0 Å². The zero-order valence-electron chi connectivity index (χ0n) is 16.9. The third kappa shape index (κ3) is 5.71. The van der Waals surface area contributed by atoms with E-state index in [0.717, 1.165) is 31.5 Å². The van der Waals surface area contributed by atoms with Crippen molar-refractivity contribution < 1.29 is 9.53 Å². The average molecular weight is 373 g/mol. The molecular weight excluding hydrogens is 336 g/mol. The quantitative estimate of drug-likeness (QED) is 0.516. The Hall–Kier alpha value is -1.55. The van der Waals surface area contributed by atoms with E-state index in [1.54, 1.807) is 0 Å². The normalized spacial score (nSPS) is 23.6. The maximum Gasteiger partial charge on any atom is 0.410 e. The van der Waals surface area contributed by atoms with Crippen LogP contribution in [0.4, 0.5) is 4.79 Å². The van der Waals surface area contributed by atoms with Crippen molar-refractivity contribution >= 4 is 6.09 Å². The van der Waals surface area contributed by atoms with Crippen molar-refractivity contribution in [2.75, 3.05) is 26.2 Å². The number of hydrogen-bond donors (Lipinski definition) is 0. The highest BCUT2D eigenvalue weighted by molar-refractivity contribution is 5.71. The van der Waals surface area contributed by atoms with Gasteiger partial charge in [-0.15, -0.1) is 0 Å². The zero-order valence-corrected chi connectivity index (χ0v) is 16.9. The van der Waals surface area contributed by atoms with Crippen molar-refractivity contribution in [2.24, 2.45) is 0 Å². The van der Waals surface area contributed by atoms with Crippen molar-refractivity contribution in [1.29, 1.82) is 0 Å². The van der Waals surface area contributed by atoms with Gasteiger partial charge in [-0.25, -0.2) is 4.79 Å².